The summed E-state index contributed by atoms with van der Waals surface area (Å²) in [5, 5.41) is 0.597. The van der Waals surface area contributed by atoms with Crippen molar-refractivity contribution in [2.45, 2.75) is 23.7 Å². The van der Waals surface area contributed by atoms with E-state index in [1.54, 1.807) is 30.3 Å². The Bertz CT molecular complexity index is 1370. The summed E-state index contributed by atoms with van der Waals surface area (Å²) in [6.07, 6.45) is 0.835. The number of anilines is 1. The van der Waals surface area contributed by atoms with E-state index in [2.05, 4.69) is 17.1 Å². The topological polar surface area (TPSA) is 63.2 Å². The molecule has 0 aliphatic carbocycles. The summed E-state index contributed by atoms with van der Waals surface area (Å²) in [6.45, 7) is 1.29. The third-order valence-corrected chi connectivity index (χ3v) is 7.34. The summed E-state index contributed by atoms with van der Waals surface area (Å²) in [5.41, 5.74) is 4.39. The molecule has 2 heterocycles. The number of para-hydroxylation sites is 2. The SMILES string of the molecule is O=S(=O)(Cc1ccc(Cl)cc1)c1nc2ccccc2nc1N1CCc2ccccc2C1. The van der Waals surface area contributed by atoms with Gasteiger partial charge >= 0.3 is 0 Å². The molecule has 156 valence electrons. The second kappa shape index (κ2) is 7.94. The first-order valence-electron chi connectivity index (χ1n) is 10.1. The zero-order valence-electron chi connectivity index (χ0n) is 16.7. The van der Waals surface area contributed by atoms with E-state index in [1.807, 2.05) is 35.2 Å². The van der Waals surface area contributed by atoms with Gasteiger partial charge in [0.05, 0.1) is 16.8 Å². The Balaban J connectivity index is 1.60. The number of hydrogen-bond donors (Lipinski definition) is 0. The van der Waals surface area contributed by atoms with Crippen molar-refractivity contribution in [3.05, 3.63) is 94.5 Å². The molecule has 0 N–H and O–H groups in total. The Kier molecular flexibility index (Phi) is 5.12. The summed E-state index contributed by atoms with van der Waals surface area (Å²) in [4.78, 5) is 11.4. The van der Waals surface area contributed by atoms with Crippen molar-refractivity contribution in [2.75, 3.05) is 11.4 Å². The van der Waals surface area contributed by atoms with E-state index in [9.17, 15) is 8.42 Å². The fourth-order valence-electron chi connectivity index (χ4n) is 3.93. The van der Waals surface area contributed by atoms with Crippen LogP contribution in [0.2, 0.25) is 5.02 Å². The minimum absolute atomic E-state index is 0.0283. The van der Waals surface area contributed by atoms with Crippen LogP contribution in [0.3, 0.4) is 0 Å². The third kappa shape index (κ3) is 4.01. The van der Waals surface area contributed by atoms with E-state index in [0.717, 1.165) is 6.42 Å². The van der Waals surface area contributed by atoms with Crippen LogP contribution in [-0.4, -0.2) is 24.9 Å². The lowest BCUT2D eigenvalue weighted by Crippen LogP contribution is -2.32. The van der Waals surface area contributed by atoms with E-state index in [4.69, 9.17) is 16.6 Å². The highest BCUT2D eigenvalue weighted by atomic mass is 35.5. The zero-order valence-corrected chi connectivity index (χ0v) is 18.3. The van der Waals surface area contributed by atoms with Gasteiger partial charge in [-0.2, -0.15) is 0 Å². The van der Waals surface area contributed by atoms with Gasteiger partial charge in [0.15, 0.2) is 10.8 Å². The minimum atomic E-state index is -3.73. The molecule has 0 amide bonds. The number of fused-ring (bicyclic) bond motifs is 2. The lowest BCUT2D eigenvalue weighted by atomic mass is 10.00. The molecule has 4 aromatic rings. The zero-order chi connectivity index (χ0) is 21.4. The number of hydrogen-bond acceptors (Lipinski definition) is 5. The monoisotopic (exact) mass is 449 g/mol. The molecule has 3 aromatic carbocycles. The molecular formula is C24H20ClN3O2S. The molecule has 0 atom stereocenters. The fourth-order valence-corrected chi connectivity index (χ4v) is 5.52. The van der Waals surface area contributed by atoms with Crippen LogP contribution in [0.25, 0.3) is 11.0 Å². The Morgan fingerprint density at radius 2 is 1.48 bits per heavy atom. The van der Waals surface area contributed by atoms with Crippen LogP contribution in [0.1, 0.15) is 16.7 Å². The molecule has 1 aliphatic rings. The lowest BCUT2D eigenvalue weighted by Gasteiger charge is -2.30. The van der Waals surface area contributed by atoms with Gasteiger partial charge in [-0.05, 0) is 47.4 Å². The molecule has 0 radical (unpaired) electrons. The highest BCUT2D eigenvalue weighted by Crippen LogP contribution is 2.31. The van der Waals surface area contributed by atoms with Crippen LogP contribution in [0.4, 0.5) is 5.82 Å². The Morgan fingerprint density at radius 1 is 0.839 bits per heavy atom. The number of aromatic nitrogens is 2. The summed E-state index contributed by atoms with van der Waals surface area (Å²) in [5.74, 6) is 0.261. The van der Waals surface area contributed by atoms with E-state index >= 15 is 0 Å². The Morgan fingerprint density at radius 3 is 2.23 bits per heavy atom. The largest absolute Gasteiger partial charge is 0.350 e. The van der Waals surface area contributed by atoms with Crippen molar-refractivity contribution >= 4 is 38.3 Å². The van der Waals surface area contributed by atoms with Gasteiger partial charge in [0.25, 0.3) is 0 Å². The molecule has 1 aliphatic heterocycles. The molecule has 0 saturated heterocycles. The van der Waals surface area contributed by atoms with Gasteiger partial charge in [-0.15, -0.1) is 0 Å². The first kappa shape index (κ1) is 20.0. The van der Waals surface area contributed by atoms with Crippen LogP contribution in [-0.2, 0) is 28.6 Å². The first-order chi connectivity index (χ1) is 15.0. The standard InChI is InChI=1S/C24H20ClN3O2S/c25-20-11-9-17(10-12-20)16-31(29,30)24-23(26-21-7-3-4-8-22(21)27-24)28-14-13-18-5-1-2-6-19(18)15-28/h1-12H,13-16H2. The molecular weight excluding hydrogens is 430 g/mol. The van der Waals surface area contributed by atoms with Crippen molar-refractivity contribution in [1.82, 2.24) is 9.97 Å². The van der Waals surface area contributed by atoms with Gasteiger partial charge in [-0.25, -0.2) is 18.4 Å². The van der Waals surface area contributed by atoms with Crippen LogP contribution in [0.5, 0.6) is 0 Å². The molecule has 0 bridgehead atoms. The summed E-state index contributed by atoms with van der Waals surface area (Å²) in [7, 11) is -3.73. The normalized spacial score (nSPS) is 13.9. The van der Waals surface area contributed by atoms with Crippen LogP contribution in [0.15, 0.2) is 77.8 Å². The van der Waals surface area contributed by atoms with Gasteiger partial charge in [0, 0.05) is 18.1 Å². The second-order valence-electron chi connectivity index (χ2n) is 7.67. The van der Waals surface area contributed by atoms with E-state index in [-0.39, 0.29) is 10.8 Å². The van der Waals surface area contributed by atoms with Crippen molar-refractivity contribution in [3.8, 4) is 0 Å². The van der Waals surface area contributed by atoms with E-state index in [0.29, 0.717) is 40.5 Å². The van der Waals surface area contributed by atoms with Gasteiger partial charge in [-0.3, -0.25) is 0 Å². The summed E-state index contributed by atoms with van der Waals surface area (Å²) >= 11 is 5.95. The predicted molar refractivity (Wildman–Crippen MR) is 123 cm³/mol. The molecule has 0 spiro atoms. The van der Waals surface area contributed by atoms with E-state index < -0.39 is 9.84 Å². The van der Waals surface area contributed by atoms with Crippen molar-refractivity contribution in [1.29, 1.82) is 0 Å². The lowest BCUT2D eigenvalue weighted by molar-refractivity contribution is 0.589. The highest BCUT2D eigenvalue weighted by molar-refractivity contribution is 7.90. The maximum Gasteiger partial charge on any atom is 0.203 e. The molecule has 1 aromatic heterocycles. The molecule has 0 unspecified atom stereocenters. The molecule has 7 heteroatoms. The molecule has 0 fully saturated rings. The molecule has 5 rings (SSSR count). The highest BCUT2D eigenvalue weighted by Gasteiger charge is 2.28. The maximum absolute atomic E-state index is 13.5. The number of rotatable bonds is 4. The average Bonchev–Trinajstić information content (AvgIpc) is 2.79. The Hall–Kier alpha value is -2.96. The quantitative estimate of drug-likeness (QED) is 0.447. The minimum Gasteiger partial charge on any atom is -0.350 e. The third-order valence-electron chi connectivity index (χ3n) is 5.52. The van der Waals surface area contributed by atoms with E-state index in [1.165, 1.54) is 11.1 Å². The number of nitrogens with zero attached hydrogens (tertiary/aromatic N) is 3. The van der Waals surface area contributed by atoms with Crippen LogP contribution in [0, 0.1) is 0 Å². The number of benzene rings is 3. The first-order valence-corrected chi connectivity index (χ1v) is 12.1. The van der Waals surface area contributed by atoms with Gasteiger partial charge in [-0.1, -0.05) is 60.1 Å². The second-order valence-corrected chi connectivity index (χ2v) is 10.0. The average molecular weight is 450 g/mol. The van der Waals surface area contributed by atoms with Gasteiger partial charge in [0.2, 0.25) is 9.84 Å². The smallest absolute Gasteiger partial charge is 0.203 e. The summed E-state index contributed by atoms with van der Waals surface area (Å²) in [6, 6.07) is 22.5. The van der Waals surface area contributed by atoms with Crippen molar-refractivity contribution in [2.24, 2.45) is 0 Å². The molecule has 5 nitrogen and oxygen atoms in total. The van der Waals surface area contributed by atoms with Crippen molar-refractivity contribution in [3.63, 3.8) is 0 Å². The van der Waals surface area contributed by atoms with Gasteiger partial charge < -0.3 is 4.90 Å². The maximum atomic E-state index is 13.5. The number of sulfone groups is 1. The number of halogens is 1. The fraction of sp³-hybridized carbons (Fsp3) is 0.167. The summed E-state index contributed by atoms with van der Waals surface area (Å²) < 4.78 is 27.0. The van der Waals surface area contributed by atoms with Crippen molar-refractivity contribution < 1.29 is 8.42 Å². The Labute approximate surface area is 186 Å². The van der Waals surface area contributed by atoms with Gasteiger partial charge in [0.1, 0.15) is 0 Å². The molecule has 31 heavy (non-hydrogen) atoms. The molecule has 0 saturated carbocycles. The van der Waals surface area contributed by atoms with Crippen LogP contribution >= 0.6 is 11.6 Å². The predicted octanol–water partition coefficient (Wildman–Crippen LogP) is 4.82. The van der Waals surface area contributed by atoms with Crippen LogP contribution < -0.4 is 4.90 Å².